The molecule has 0 atom stereocenters. The van der Waals surface area contributed by atoms with Gasteiger partial charge in [0.1, 0.15) is 0 Å². The van der Waals surface area contributed by atoms with Gasteiger partial charge < -0.3 is 0 Å². The number of Topliss-reactive ketones (excluding diaryl/α,β-unsaturated/α-hetero) is 1. The first kappa shape index (κ1) is 10.6. The van der Waals surface area contributed by atoms with Crippen molar-refractivity contribution in [3.8, 4) is 0 Å². The Bertz CT molecular complexity index is 391. The maximum atomic E-state index is 11.0. The van der Waals surface area contributed by atoms with Gasteiger partial charge in [0.2, 0.25) is 0 Å². The van der Waals surface area contributed by atoms with E-state index in [0.29, 0.717) is 5.71 Å². The molecule has 14 heavy (non-hydrogen) atoms. The average molecular weight is 189 g/mol. The van der Waals surface area contributed by atoms with Crippen molar-refractivity contribution in [1.82, 2.24) is 0 Å². The number of aliphatic imine (C=N–C) groups is 1. The van der Waals surface area contributed by atoms with Crippen molar-refractivity contribution in [2.45, 2.75) is 27.7 Å². The van der Waals surface area contributed by atoms with Gasteiger partial charge in [0, 0.05) is 6.92 Å². The standard InChI is InChI=1S/C12H15NO/c1-8-5-6-12(9(2)7-8)13-10(3)11(4)14/h5-7H,1-4H3. The van der Waals surface area contributed by atoms with Crippen molar-refractivity contribution in [1.29, 1.82) is 0 Å². The molecule has 0 aliphatic carbocycles. The lowest BCUT2D eigenvalue weighted by atomic mass is 10.1. The Morgan fingerprint density at radius 3 is 2.36 bits per heavy atom. The van der Waals surface area contributed by atoms with Gasteiger partial charge in [-0.2, -0.15) is 0 Å². The monoisotopic (exact) mass is 189 g/mol. The second-order valence-electron chi connectivity index (χ2n) is 3.54. The summed E-state index contributed by atoms with van der Waals surface area (Å²) in [5, 5.41) is 0. The molecule has 0 aliphatic rings. The molecule has 0 saturated carbocycles. The third kappa shape index (κ3) is 2.52. The minimum absolute atomic E-state index is 0.0185. The van der Waals surface area contributed by atoms with E-state index >= 15 is 0 Å². The van der Waals surface area contributed by atoms with Gasteiger partial charge in [-0.25, -0.2) is 4.99 Å². The van der Waals surface area contributed by atoms with E-state index in [1.54, 1.807) is 6.92 Å². The molecule has 2 nitrogen and oxygen atoms in total. The zero-order valence-corrected chi connectivity index (χ0v) is 9.09. The Morgan fingerprint density at radius 1 is 1.21 bits per heavy atom. The number of ketones is 1. The van der Waals surface area contributed by atoms with Gasteiger partial charge in [-0.1, -0.05) is 17.7 Å². The van der Waals surface area contributed by atoms with Gasteiger partial charge in [-0.05, 0) is 32.4 Å². The van der Waals surface area contributed by atoms with Crippen molar-refractivity contribution < 1.29 is 4.79 Å². The van der Waals surface area contributed by atoms with E-state index < -0.39 is 0 Å². The summed E-state index contributed by atoms with van der Waals surface area (Å²) >= 11 is 0. The summed E-state index contributed by atoms with van der Waals surface area (Å²) < 4.78 is 0. The van der Waals surface area contributed by atoms with Crippen LogP contribution in [0.5, 0.6) is 0 Å². The minimum atomic E-state index is 0.0185. The number of hydrogen-bond donors (Lipinski definition) is 0. The fraction of sp³-hybridized carbons (Fsp3) is 0.333. The Kier molecular flexibility index (Phi) is 3.18. The van der Waals surface area contributed by atoms with Gasteiger partial charge in [-0.15, -0.1) is 0 Å². The summed E-state index contributed by atoms with van der Waals surface area (Å²) in [5.74, 6) is 0.0185. The van der Waals surface area contributed by atoms with E-state index in [-0.39, 0.29) is 5.78 Å². The first-order valence-electron chi connectivity index (χ1n) is 4.64. The van der Waals surface area contributed by atoms with Gasteiger partial charge in [0.25, 0.3) is 0 Å². The Hall–Kier alpha value is -1.44. The number of hydrogen-bond acceptors (Lipinski definition) is 2. The van der Waals surface area contributed by atoms with Crippen LogP contribution in [0.25, 0.3) is 0 Å². The first-order chi connectivity index (χ1) is 6.50. The number of rotatable bonds is 2. The van der Waals surface area contributed by atoms with Gasteiger partial charge in [0.05, 0.1) is 11.4 Å². The lowest BCUT2D eigenvalue weighted by molar-refractivity contribution is -0.111. The zero-order valence-electron chi connectivity index (χ0n) is 9.09. The number of aryl methyl sites for hydroxylation is 2. The fourth-order valence-electron chi connectivity index (χ4n) is 1.19. The van der Waals surface area contributed by atoms with Gasteiger partial charge in [0.15, 0.2) is 5.78 Å². The molecule has 0 amide bonds. The molecule has 1 aromatic carbocycles. The Labute approximate surface area is 84.7 Å². The predicted molar refractivity (Wildman–Crippen MR) is 59.4 cm³/mol. The van der Waals surface area contributed by atoms with Crippen LogP contribution in [0.3, 0.4) is 0 Å². The van der Waals surface area contributed by atoms with Crippen molar-refractivity contribution >= 4 is 17.2 Å². The Morgan fingerprint density at radius 2 is 1.86 bits per heavy atom. The van der Waals surface area contributed by atoms with Crippen molar-refractivity contribution in [2.75, 3.05) is 0 Å². The summed E-state index contributed by atoms with van der Waals surface area (Å²) in [6.07, 6.45) is 0. The molecule has 0 aliphatic heterocycles. The highest BCUT2D eigenvalue weighted by molar-refractivity contribution is 6.38. The third-order valence-corrected chi connectivity index (χ3v) is 2.15. The summed E-state index contributed by atoms with van der Waals surface area (Å²) in [5.41, 5.74) is 3.74. The van der Waals surface area contributed by atoms with E-state index in [2.05, 4.69) is 11.1 Å². The van der Waals surface area contributed by atoms with Gasteiger partial charge >= 0.3 is 0 Å². The highest BCUT2D eigenvalue weighted by Gasteiger charge is 2.00. The van der Waals surface area contributed by atoms with E-state index in [4.69, 9.17) is 0 Å². The molecular weight excluding hydrogens is 174 g/mol. The molecule has 0 spiro atoms. The molecule has 74 valence electrons. The molecule has 1 rings (SSSR count). The van der Waals surface area contributed by atoms with Crippen molar-refractivity contribution in [3.05, 3.63) is 29.3 Å². The summed E-state index contributed by atoms with van der Waals surface area (Å²) in [6, 6.07) is 6.00. The van der Waals surface area contributed by atoms with Crippen LogP contribution in [0.15, 0.2) is 23.2 Å². The van der Waals surface area contributed by atoms with E-state index in [0.717, 1.165) is 11.3 Å². The Balaban J connectivity index is 3.09. The van der Waals surface area contributed by atoms with Crippen LogP contribution >= 0.6 is 0 Å². The van der Waals surface area contributed by atoms with Crippen LogP contribution in [0.4, 0.5) is 5.69 Å². The molecule has 0 unspecified atom stereocenters. The normalized spacial score (nSPS) is 11.6. The number of nitrogens with zero attached hydrogens (tertiary/aromatic N) is 1. The highest BCUT2D eigenvalue weighted by Crippen LogP contribution is 2.19. The molecule has 0 N–H and O–H groups in total. The van der Waals surface area contributed by atoms with E-state index in [1.807, 2.05) is 26.0 Å². The SMILES string of the molecule is CC(=O)C(C)=Nc1ccc(C)cc1C. The van der Waals surface area contributed by atoms with E-state index in [1.165, 1.54) is 12.5 Å². The second kappa shape index (κ2) is 4.18. The maximum absolute atomic E-state index is 11.0. The third-order valence-electron chi connectivity index (χ3n) is 2.15. The molecule has 2 heteroatoms. The van der Waals surface area contributed by atoms with Crippen LogP contribution < -0.4 is 0 Å². The molecule has 0 radical (unpaired) electrons. The highest BCUT2D eigenvalue weighted by atomic mass is 16.1. The minimum Gasteiger partial charge on any atom is -0.293 e. The summed E-state index contributed by atoms with van der Waals surface area (Å²) in [4.78, 5) is 15.3. The fourth-order valence-corrected chi connectivity index (χ4v) is 1.19. The first-order valence-corrected chi connectivity index (χ1v) is 4.64. The molecule has 1 aromatic rings. The van der Waals surface area contributed by atoms with Gasteiger partial charge in [-0.3, -0.25) is 4.79 Å². The van der Waals surface area contributed by atoms with Crippen LogP contribution in [0, 0.1) is 13.8 Å². The molecule has 0 saturated heterocycles. The topological polar surface area (TPSA) is 29.4 Å². The molecular formula is C12H15NO. The largest absolute Gasteiger partial charge is 0.293 e. The lowest BCUT2D eigenvalue weighted by Gasteiger charge is -2.02. The summed E-state index contributed by atoms with van der Waals surface area (Å²) in [7, 11) is 0. The van der Waals surface area contributed by atoms with Crippen molar-refractivity contribution in [2.24, 2.45) is 4.99 Å². The van der Waals surface area contributed by atoms with Crippen LogP contribution in [-0.2, 0) is 4.79 Å². The maximum Gasteiger partial charge on any atom is 0.173 e. The van der Waals surface area contributed by atoms with Crippen LogP contribution in [-0.4, -0.2) is 11.5 Å². The van der Waals surface area contributed by atoms with Crippen LogP contribution in [0.1, 0.15) is 25.0 Å². The quantitative estimate of drug-likeness (QED) is 0.657. The second-order valence-corrected chi connectivity index (χ2v) is 3.54. The molecule has 0 aromatic heterocycles. The molecule has 0 bridgehead atoms. The van der Waals surface area contributed by atoms with Crippen molar-refractivity contribution in [3.63, 3.8) is 0 Å². The van der Waals surface area contributed by atoms with E-state index in [9.17, 15) is 4.79 Å². The zero-order chi connectivity index (χ0) is 10.7. The summed E-state index contributed by atoms with van der Waals surface area (Å²) in [6.45, 7) is 7.31. The van der Waals surface area contributed by atoms with Crippen LogP contribution in [0.2, 0.25) is 0 Å². The average Bonchev–Trinajstić information content (AvgIpc) is 2.09. The number of carbonyl (C=O) groups excluding carboxylic acids is 1. The lowest BCUT2D eigenvalue weighted by Crippen LogP contribution is -2.03. The number of benzene rings is 1. The smallest absolute Gasteiger partial charge is 0.173 e. The number of carbonyl (C=O) groups is 1. The predicted octanol–water partition coefficient (Wildman–Crippen LogP) is 2.98. The molecule has 0 fully saturated rings. The molecule has 0 heterocycles.